The van der Waals surface area contributed by atoms with Crippen molar-refractivity contribution >= 4 is 28.9 Å². The van der Waals surface area contributed by atoms with Crippen LogP contribution in [0.1, 0.15) is 23.6 Å². The molecule has 0 bridgehead atoms. The van der Waals surface area contributed by atoms with Gasteiger partial charge in [0.2, 0.25) is 11.0 Å². The Labute approximate surface area is 138 Å². The normalized spacial score (nSPS) is 23.3. The average Bonchev–Trinajstić information content (AvgIpc) is 2.97. The van der Waals surface area contributed by atoms with Crippen molar-refractivity contribution in [2.75, 3.05) is 19.4 Å². The Bertz CT molecular complexity index is 649. The van der Waals surface area contributed by atoms with Crippen LogP contribution >= 0.6 is 11.8 Å². The summed E-state index contributed by atoms with van der Waals surface area (Å²) in [7, 11) is 1.30. The topological polar surface area (TPSA) is 75.7 Å². The Morgan fingerprint density at radius 2 is 2.13 bits per heavy atom. The number of carbonyl (C=O) groups excluding carboxylic acids is 3. The number of nitrogens with one attached hydrogen (secondary N) is 1. The maximum atomic E-state index is 12.8. The Hall–Kier alpha value is -2.02. The van der Waals surface area contributed by atoms with Gasteiger partial charge in [-0.1, -0.05) is 36.0 Å². The summed E-state index contributed by atoms with van der Waals surface area (Å²) >= 11 is 1.23. The first-order valence-electron chi connectivity index (χ1n) is 7.51. The van der Waals surface area contributed by atoms with E-state index in [9.17, 15) is 14.4 Å². The van der Waals surface area contributed by atoms with E-state index in [0.29, 0.717) is 25.1 Å². The van der Waals surface area contributed by atoms with E-state index in [2.05, 4.69) is 5.32 Å². The van der Waals surface area contributed by atoms with Crippen LogP contribution in [0.5, 0.6) is 0 Å². The summed E-state index contributed by atoms with van der Waals surface area (Å²) in [4.78, 5) is 38.0. The molecule has 2 aliphatic rings. The standard InChI is InChI=1S/C16H18N2O4S/c1-22-16(21)18-8-6-10-4-2-3-5-11(10)13(18)14(19)17-12-7-9-23-15(12)20/h2-5,12-13H,6-9H2,1H3,(H,17,19)/t12-,13+/m1/s1. The van der Waals surface area contributed by atoms with Crippen LogP contribution in [-0.2, 0) is 20.7 Å². The van der Waals surface area contributed by atoms with E-state index in [4.69, 9.17) is 4.74 Å². The number of amides is 2. The summed E-state index contributed by atoms with van der Waals surface area (Å²) in [6, 6.07) is 6.34. The zero-order chi connectivity index (χ0) is 16.4. The van der Waals surface area contributed by atoms with Gasteiger partial charge in [0.1, 0.15) is 6.04 Å². The molecule has 122 valence electrons. The van der Waals surface area contributed by atoms with Crippen molar-refractivity contribution in [1.29, 1.82) is 0 Å². The maximum Gasteiger partial charge on any atom is 0.410 e. The van der Waals surface area contributed by atoms with Crippen LogP contribution < -0.4 is 5.32 Å². The Morgan fingerprint density at radius 3 is 2.83 bits per heavy atom. The molecular formula is C16H18N2O4S. The predicted molar refractivity (Wildman–Crippen MR) is 86.0 cm³/mol. The number of hydrogen-bond donors (Lipinski definition) is 1. The van der Waals surface area contributed by atoms with Gasteiger partial charge in [-0.15, -0.1) is 0 Å². The summed E-state index contributed by atoms with van der Waals surface area (Å²) in [5.41, 5.74) is 1.83. The van der Waals surface area contributed by atoms with E-state index in [1.807, 2.05) is 24.3 Å². The van der Waals surface area contributed by atoms with Crippen molar-refractivity contribution in [2.45, 2.75) is 24.9 Å². The molecule has 7 heteroatoms. The third-order valence-corrected chi connectivity index (χ3v) is 5.20. The van der Waals surface area contributed by atoms with Crippen LogP contribution in [0.4, 0.5) is 4.79 Å². The fraction of sp³-hybridized carbons (Fsp3) is 0.438. The monoisotopic (exact) mass is 334 g/mol. The molecule has 6 nitrogen and oxygen atoms in total. The van der Waals surface area contributed by atoms with Gasteiger partial charge in [0.25, 0.3) is 0 Å². The number of carbonyl (C=O) groups is 3. The quantitative estimate of drug-likeness (QED) is 0.887. The van der Waals surface area contributed by atoms with Gasteiger partial charge < -0.3 is 10.1 Å². The third kappa shape index (κ3) is 3.06. The van der Waals surface area contributed by atoms with Crippen molar-refractivity contribution in [2.24, 2.45) is 0 Å². The molecule has 2 amide bonds. The molecule has 1 fully saturated rings. The zero-order valence-electron chi connectivity index (χ0n) is 12.8. The van der Waals surface area contributed by atoms with Crippen LogP contribution in [-0.4, -0.2) is 47.5 Å². The van der Waals surface area contributed by atoms with Crippen LogP contribution in [0.2, 0.25) is 0 Å². The molecule has 0 aromatic heterocycles. The molecule has 23 heavy (non-hydrogen) atoms. The number of ether oxygens (including phenoxy) is 1. The molecule has 1 saturated heterocycles. The van der Waals surface area contributed by atoms with Crippen LogP contribution in [0, 0.1) is 0 Å². The summed E-state index contributed by atoms with van der Waals surface area (Å²) in [5, 5.41) is 2.77. The molecule has 1 aromatic carbocycles. The van der Waals surface area contributed by atoms with Gasteiger partial charge >= 0.3 is 6.09 Å². The van der Waals surface area contributed by atoms with E-state index in [0.717, 1.165) is 11.1 Å². The first-order valence-corrected chi connectivity index (χ1v) is 8.50. The molecule has 0 radical (unpaired) electrons. The van der Waals surface area contributed by atoms with Crippen molar-refractivity contribution in [3.8, 4) is 0 Å². The number of nitrogens with zero attached hydrogens (tertiary/aromatic N) is 1. The van der Waals surface area contributed by atoms with E-state index < -0.39 is 18.2 Å². The van der Waals surface area contributed by atoms with E-state index in [1.165, 1.54) is 23.8 Å². The highest BCUT2D eigenvalue weighted by atomic mass is 32.2. The van der Waals surface area contributed by atoms with Crippen molar-refractivity contribution in [1.82, 2.24) is 10.2 Å². The van der Waals surface area contributed by atoms with Crippen molar-refractivity contribution in [3.63, 3.8) is 0 Å². The molecule has 0 saturated carbocycles. The molecule has 1 N–H and O–H groups in total. The predicted octanol–water partition coefficient (Wildman–Crippen LogP) is 1.50. The number of hydrogen-bond acceptors (Lipinski definition) is 5. The summed E-state index contributed by atoms with van der Waals surface area (Å²) in [5.74, 6) is 0.384. The molecule has 2 atom stereocenters. The number of methoxy groups -OCH3 is 1. The van der Waals surface area contributed by atoms with Crippen LogP contribution in [0.3, 0.4) is 0 Å². The third-order valence-electron chi connectivity index (χ3n) is 4.19. The van der Waals surface area contributed by atoms with Crippen molar-refractivity contribution in [3.05, 3.63) is 35.4 Å². The van der Waals surface area contributed by atoms with Gasteiger partial charge in [-0.05, 0) is 24.0 Å². The minimum Gasteiger partial charge on any atom is -0.453 e. The van der Waals surface area contributed by atoms with Gasteiger partial charge in [-0.2, -0.15) is 0 Å². The highest BCUT2D eigenvalue weighted by Crippen LogP contribution is 2.31. The first-order chi connectivity index (χ1) is 11.1. The zero-order valence-corrected chi connectivity index (χ0v) is 13.6. The smallest absolute Gasteiger partial charge is 0.410 e. The van der Waals surface area contributed by atoms with Gasteiger partial charge in [-0.25, -0.2) is 4.79 Å². The molecule has 2 aliphatic heterocycles. The fourth-order valence-corrected chi connectivity index (χ4v) is 3.97. The second-order valence-corrected chi connectivity index (χ2v) is 6.63. The summed E-state index contributed by atoms with van der Waals surface area (Å²) in [6.45, 7) is 0.412. The lowest BCUT2D eigenvalue weighted by Crippen LogP contribution is -2.50. The van der Waals surface area contributed by atoms with Crippen molar-refractivity contribution < 1.29 is 19.1 Å². The molecule has 2 heterocycles. The molecule has 0 unspecified atom stereocenters. The minimum atomic E-state index is -0.759. The molecule has 0 spiro atoms. The van der Waals surface area contributed by atoms with Gasteiger partial charge in [-0.3, -0.25) is 14.5 Å². The van der Waals surface area contributed by atoms with E-state index >= 15 is 0 Å². The van der Waals surface area contributed by atoms with Crippen LogP contribution in [0.15, 0.2) is 24.3 Å². The number of benzene rings is 1. The SMILES string of the molecule is COC(=O)N1CCc2ccccc2[C@H]1C(=O)N[C@@H]1CCSC1=O. The van der Waals surface area contributed by atoms with Gasteiger partial charge in [0, 0.05) is 12.3 Å². The van der Waals surface area contributed by atoms with Gasteiger partial charge in [0.05, 0.1) is 13.2 Å². The summed E-state index contributed by atoms with van der Waals surface area (Å²) in [6.07, 6.45) is 0.765. The fourth-order valence-electron chi connectivity index (χ4n) is 3.04. The lowest BCUT2D eigenvalue weighted by molar-refractivity contribution is -0.129. The lowest BCUT2D eigenvalue weighted by atomic mass is 9.92. The Kier molecular flexibility index (Phi) is 4.56. The largest absolute Gasteiger partial charge is 0.453 e. The summed E-state index contributed by atoms with van der Waals surface area (Å²) < 4.78 is 4.81. The molecular weight excluding hydrogens is 316 g/mol. The molecule has 0 aliphatic carbocycles. The average molecular weight is 334 g/mol. The maximum absolute atomic E-state index is 12.8. The Balaban J connectivity index is 1.89. The van der Waals surface area contributed by atoms with Gasteiger partial charge in [0.15, 0.2) is 0 Å². The first kappa shape index (κ1) is 15.9. The number of thioether (sulfide) groups is 1. The van der Waals surface area contributed by atoms with Crippen LogP contribution in [0.25, 0.3) is 0 Å². The van der Waals surface area contributed by atoms with E-state index in [1.54, 1.807) is 0 Å². The Morgan fingerprint density at radius 1 is 1.35 bits per heavy atom. The van der Waals surface area contributed by atoms with E-state index in [-0.39, 0.29) is 11.0 Å². The number of fused-ring (bicyclic) bond motifs is 1. The minimum absolute atomic E-state index is 0.0212. The highest BCUT2D eigenvalue weighted by molar-refractivity contribution is 8.14. The molecule has 3 rings (SSSR count). The lowest BCUT2D eigenvalue weighted by Gasteiger charge is -2.35. The molecule has 1 aromatic rings. The number of rotatable bonds is 2. The highest BCUT2D eigenvalue weighted by Gasteiger charge is 2.38. The second kappa shape index (κ2) is 6.62. The second-order valence-electron chi connectivity index (χ2n) is 5.53.